The van der Waals surface area contributed by atoms with Crippen molar-refractivity contribution in [3.63, 3.8) is 0 Å². The molecule has 0 radical (unpaired) electrons. The number of nitriles is 3. The van der Waals surface area contributed by atoms with Crippen LogP contribution >= 0.6 is 0 Å². The van der Waals surface area contributed by atoms with E-state index >= 15 is 0 Å². The van der Waals surface area contributed by atoms with Crippen molar-refractivity contribution >= 4 is 11.4 Å². The summed E-state index contributed by atoms with van der Waals surface area (Å²) >= 11 is 0. The van der Waals surface area contributed by atoms with Gasteiger partial charge in [0.25, 0.3) is 0 Å². The molecule has 0 aliphatic heterocycles. The minimum atomic E-state index is -1.60. The smallest absolute Gasteiger partial charge is 0.189 e. The van der Waals surface area contributed by atoms with Crippen LogP contribution < -0.4 is 4.90 Å². The van der Waals surface area contributed by atoms with Crippen LogP contribution in [-0.4, -0.2) is 19.8 Å². The lowest BCUT2D eigenvalue weighted by Crippen LogP contribution is -2.48. The number of allylic oxidation sites excluding steroid dienone is 2. The minimum Gasteiger partial charge on any atom is -0.378 e. The fourth-order valence-corrected chi connectivity index (χ4v) is 4.36. The molecule has 3 rings (SSSR count). The summed E-state index contributed by atoms with van der Waals surface area (Å²) in [7, 11) is 3.92. The first-order valence-electron chi connectivity index (χ1n) is 8.78. The first kappa shape index (κ1) is 17.7. The highest BCUT2D eigenvalue weighted by atomic mass is 15.1. The second-order valence-electron chi connectivity index (χ2n) is 7.21. The zero-order valence-electron chi connectivity index (χ0n) is 15.0. The van der Waals surface area contributed by atoms with Crippen LogP contribution in [0.3, 0.4) is 0 Å². The van der Waals surface area contributed by atoms with Crippen LogP contribution in [0.4, 0.5) is 5.69 Å². The quantitative estimate of drug-likeness (QED) is 0.826. The van der Waals surface area contributed by atoms with E-state index in [9.17, 15) is 15.8 Å². The number of fused-ring (bicyclic) bond motifs is 1. The highest BCUT2D eigenvalue weighted by Crippen LogP contribution is 2.55. The average molecular weight is 343 g/mol. The van der Waals surface area contributed by atoms with E-state index in [0.717, 1.165) is 36.1 Å². The zero-order chi connectivity index (χ0) is 18.9. The second-order valence-corrected chi connectivity index (χ2v) is 7.21. The molecule has 1 aromatic carbocycles. The molecule has 1 N–H and O–H groups in total. The van der Waals surface area contributed by atoms with Gasteiger partial charge < -0.3 is 10.3 Å². The average Bonchev–Trinajstić information content (AvgIpc) is 2.67. The van der Waals surface area contributed by atoms with Gasteiger partial charge in [0.05, 0.1) is 23.9 Å². The third-order valence-electron chi connectivity index (χ3n) is 5.69. The Morgan fingerprint density at radius 2 is 1.77 bits per heavy atom. The maximum absolute atomic E-state index is 9.94. The van der Waals surface area contributed by atoms with Gasteiger partial charge in [0.15, 0.2) is 5.41 Å². The van der Waals surface area contributed by atoms with E-state index in [1.165, 1.54) is 0 Å². The molecule has 5 nitrogen and oxygen atoms in total. The Morgan fingerprint density at radius 1 is 1.12 bits per heavy atom. The second kappa shape index (κ2) is 6.66. The Morgan fingerprint density at radius 3 is 2.31 bits per heavy atom. The lowest BCUT2D eigenvalue weighted by atomic mass is 9.53. The molecule has 5 heteroatoms. The van der Waals surface area contributed by atoms with E-state index in [1.54, 1.807) is 0 Å². The van der Waals surface area contributed by atoms with Gasteiger partial charge in [-0.2, -0.15) is 15.8 Å². The molecule has 0 heterocycles. The number of hydrogen-bond donors (Lipinski definition) is 1. The van der Waals surface area contributed by atoms with Crippen molar-refractivity contribution in [1.29, 1.82) is 21.2 Å². The number of nitrogens with one attached hydrogen (secondary N) is 1. The molecule has 3 atom stereocenters. The van der Waals surface area contributed by atoms with Crippen LogP contribution in [0.5, 0.6) is 0 Å². The molecular weight excluding hydrogens is 322 g/mol. The molecule has 1 saturated carbocycles. The topological polar surface area (TPSA) is 98.5 Å². The van der Waals surface area contributed by atoms with Crippen molar-refractivity contribution in [2.75, 3.05) is 19.0 Å². The summed E-state index contributed by atoms with van der Waals surface area (Å²) in [4.78, 5) is 1.99. The third kappa shape index (κ3) is 2.47. The number of anilines is 1. The number of benzene rings is 1. The standard InChI is InChI=1S/C21H21N5/c1-26(2)15-9-7-14(8-10-15)19-17-6-4-3-5-16(17)18(11-22)20(25)21(19,12-23)13-24/h5,7-10,17-19,25H,3-4,6H2,1-2H3/t17-,18-,19-/m0/s1. The Hall–Kier alpha value is -3.10. The third-order valence-corrected chi connectivity index (χ3v) is 5.69. The van der Waals surface area contributed by atoms with Crippen molar-refractivity contribution in [2.24, 2.45) is 17.3 Å². The van der Waals surface area contributed by atoms with Crippen molar-refractivity contribution in [1.82, 2.24) is 0 Å². The fourth-order valence-electron chi connectivity index (χ4n) is 4.36. The van der Waals surface area contributed by atoms with Gasteiger partial charge in [0.2, 0.25) is 0 Å². The first-order chi connectivity index (χ1) is 12.5. The Bertz CT molecular complexity index is 859. The van der Waals surface area contributed by atoms with Crippen LogP contribution in [0.25, 0.3) is 0 Å². The fraction of sp³-hybridized carbons (Fsp3) is 0.429. The molecule has 0 bridgehead atoms. The normalized spacial score (nSPS) is 26.5. The molecule has 0 amide bonds. The van der Waals surface area contributed by atoms with E-state index in [2.05, 4.69) is 24.3 Å². The number of nitrogens with zero attached hydrogens (tertiary/aromatic N) is 4. The zero-order valence-corrected chi connectivity index (χ0v) is 15.0. The number of rotatable bonds is 2. The van der Waals surface area contributed by atoms with E-state index in [4.69, 9.17) is 5.41 Å². The van der Waals surface area contributed by atoms with Gasteiger partial charge in [-0.25, -0.2) is 0 Å². The molecule has 130 valence electrons. The van der Waals surface area contributed by atoms with Crippen LogP contribution in [-0.2, 0) is 0 Å². The lowest BCUT2D eigenvalue weighted by Gasteiger charge is -2.45. The predicted octanol–water partition coefficient (Wildman–Crippen LogP) is 3.77. The summed E-state index contributed by atoms with van der Waals surface area (Å²) in [6.07, 6.45) is 4.74. The molecule has 2 aliphatic carbocycles. The number of hydrogen-bond acceptors (Lipinski definition) is 5. The van der Waals surface area contributed by atoms with Crippen molar-refractivity contribution < 1.29 is 0 Å². The SMILES string of the molecule is CN(C)c1ccc([C@H]2[C@H]3CCCC=C3[C@H](C#N)C(=N)C2(C#N)C#N)cc1. The summed E-state index contributed by atoms with van der Waals surface area (Å²) in [5.41, 5.74) is 1.17. The van der Waals surface area contributed by atoms with E-state index in [1.807, 2.05) is 43.3 Å². The van der Waals surface area contributed by atoms with Gasteiger partial charge in [-0.15, -0.1) is 0 Å². The summed E-state index contributed by atoms with van der Waals surface area (Å²) in [6, 6.07) is 14.3. The molecule has 26 heavy (non-hydrogen) atoms. The van der Waals surface area contributed by atoms with E-state index < -0.39 is 17.3 Å². The Balaban J connectivity index is 2.19. The highest BCUT2D eigenvalue weighted by Gasteiger charge is 2.57. The molecule has 0 saturated heterocycles. The maximum atomic E-state index is 9.94. The summed E-state index contributed by atoms with van der Waals surface area (Å²) in [5, 5.41) is 38.0. The molecule has 1 fully saturated rings. The highest BCUT2D eigenvalue weighted by molar-refractivity contribution is 6.00. The largest absolute Gasteiger partial charge is 0.378 e. The van der Waals surface area contributed by atoms with Crippen molar-refractivity contribution in [2.45, 2.75) is 25.2 Å². The van der Waals surface area contributed by atoms with Gasteiger partial charge in [-0.1, -0.05) is 18.2 Å². The van der Waals surface area contributed by atoms with E-state index in [0.29, 0.717) is 0 Å². The van der Waals surface area contributed by atoms with Gasteiger partial charge >= 0.3 is 0 Å². The van der Waals surface area contributed by atoms with E-state index in [-0.39, 0.29) is 11.6 Å². The maximum Gasteiger partial charge on any atom is 0.189 e. The predicted molar refractivity (Wildman–Crippen MR) is 99.4 cm³/mol. The van der Waals surface area contributed by atoms with Gasteiger partial charge in [0, 0.05) is 25.7 Å². The molecule has 2 aliphatic rings. The van der Waals surface area contributed by atoms with Gasteiger partial charge in [-0.3, -0.25) is 0 Å². The van der Waals surface area contributed by atoms with Gasteiger partial charge in [0.1, 0.15) is 5.92 Å². The van der Waals surface area contributed by atoms with Crippen molar-refractivity contribution in [3.05, 3.63) is 41.5 Å². The van der Waals surface area contributed by atoms with Gasteiger partial charge in [-0.05, 0) is 48.4 Å². The summed E-state index contributed by atoms with van der Waals surface area (Å²) < 4.78 is 0. The van der Waals surface area contributed by atoms with Crippen LogP contribution in [0, 0.1) is 56.7 Å². The summed E-state index contributed by atoms with van der Waals surface area (Å²) in [5.74, 6) is -1.23. The Kier molecular flexibility index (Phi) is 4.54. The van der Waals surface area contributed by atoms with Crippen LogP contribution in [0.15, 0.2) is 35.9 Å². The monoisotopic (exact) mass is 343 g/mol. The molecule has 0 spiro atoms. The van der Waals surface area contributed by atoms with Crippen molar-refractivity contribution in [3.8, 4) is 18.2 Å². The molecule has 0 aromatic heterocycles. The molecule has 1 aromatic rings. The van der Waals surface area contributed by atoms with Crippen LogP contribution in [0.1, 0.15) is 30.7 Å². The minimum absolute atomic E-state index is 0.0491. The molecular formula is C21H21N5. The Labute approximate surface area is 154 Å². The molecule has 0 unspecified atom stereocenters. The lowest BCUT2D eigenvalue weighted by molar-refractivity contribution is 0.320. The van der Waals surface area contributed by atoms with Crippen LogP contribution in [0.2, 0.25) is 0 Å². The first-order valence-corrected chi connectivity index (χ1v) is 8.78. The summed E-state index contributed by atoms with van der Waals surface area (Å²) in [6.45, 7) is 0.